The first kappa shape index (κ1) is 16.8. The van der Waals surface area contributed by atoms with Crippen LogP contribution in [-0.4, -0.2) is 30.2 Å². The number of carbonyl (C=O) groups excluding carboxylic acids is 1. The first-order valence-corrected chi connectivity index (χ1v) is 8.56. The molecule has 0 saturated heterocycles. The molecule has 0 amide bonds. The summed E-state index contributed by atoms with van der Waals surface area (Å²) in [7, 11) is 3.18. The molecule has 22 heavy (non-hydrogen) atoms. The van der Waals surface area contributed by atoms with Gasteiger partial charge in [0.15, 0.2) is 0 Å². The molecule has 0 radical (unpaired) electrons. The Labute approximate surface area is 137 Å². The van der Waals surface area contributed by atoms with Gasteiger partial charge in [-0.3, -0.25) is 0 Å². The minimum Gasteiger partial charge on any atom is -0.465 e. The van der Waals surface area contributed by atoms with Crippen LogP contribution in [0, 0.1) is 0 Å². The predicted octanol–water partition coefficient (Wildman–Crippen LogP) is 3.32. The van der Waals surface area contributed by atoms with Crippen LogP contribution in [0.3, 0.4) is 0 Å². The molecular weight excluding hydrogens is 320 g/mol. The molecule has 0 saturated carbocycles. The van der Waals surface area contributed by atoms with Crippen LogP contribution in [0.5, 0.6) is 0 Å². The van der Waals surface area contributed by atoms with E-state index in [-0.39, 0.29) is 5.97 Å². The number of esters is 1. The van der Waals surface area contributed by atoms with Crippen LogP contribution < -0.4 is 5.32 Å². The summed E-state index contributed by atoms with van der Waals surface area (Å²) in [5.74, 6) is 0.329. The molecule has 0 fully saturated rings. The number of methoxy groups -OCH3 is 1. The smallest absolute Gasteiger partial charge is 0.337 e. The molecule has 118 valence electrons. The Bertz CT molecular complexity index is 656. The zero-order valence-electron chi connectivity index (χ0n) is 12.6. The normalized spacial score (nSPS) is 12.0. The second-order valence-corrected chi connectivity index (χ2v) is 6.61. The van der Waals surface area contributed by atoms with E-state index in [4.69, 9.17) is 4.74 Å². The SMILES string of the molecule is CNc1cc(SCc2nc(C(C)O)cs2)cc(C(=O)OC)c1. The number of benzene rings is 1. The molecule has 5 nitrogen and oxygen atoms in total. The Morgan fingerprint density at radius 3 is 2.86 bits per heavy atom. The molecule has 7 heteroatoms. The van der Waals surface area contributed by atoms with Gasteiger partial charge in [-0.15, -0.1) is 23.1 Å². The highest BCUT2D eigenvalue weighted by molar-refractivity contribution is 7.98. The van der Waals surface area contributed by atoms with Crippen LogP contribution in [0.4, 0.5) is 5.69 Å². The second-order valence-electron chi connectivity index (χ2n) is 4.62. The summed E-state index contributed by atoms with van der Waals surface area (Å²) in [6, 6.07) is 5.53. The van der Waals surface area contributed by atoms with Gasteiger partial charge in [0, 0.05) is 23.0 Å². The molecule has 2 aromatic rings. The summed E-state index contributed by atoms with van der Waals surface area (Å²) in [6.07, 6.45) is -0.548. The fourth-order valence-corrected chi connectivity index (χ4v) is 3.68. The van der Waals surface area contributed by atoms with Crippen molar-refractivity contribution in [3.8, 4) is 0 Å². The van der Waals surface area contributed by atoms with E-state index in [2.05, 4.69) is 10.3 Å². The highest BCUT2D eigenvalue weighted by Crippen LogP contribution is 2.29. The number of hydrogen-bond donors (Lipinski definition) is 2. The Balaban J connectivity index is 2.12. The number of hydrogen-bond acceptors (Lipinski definition) is 7. The van der Waals surface area contributed by atoms with E-state index in [1.54, 1.807) is 37.9 Å². The van der Waals surface area contributed by atoms with Gasteiger partial charge < -0.3 is 15.2 Å². The van der Waals surface area contributed by atoms with Gasteiger partial charge in [-0.05, 0) is 25.1 Å². The number of anilines is 1. The Morgan fingerprint density at radius 1 is 1.50 bits per heavy atom. The van der Waals surface area contributed by atoms with Crippen molar-refractivity contribution < 1.29 is 14.6 Å². The zero-order chi connectivity index (χ0) is 16.1. The number of nitrogens with zero attached hydrogens (tertiary/aromatic N) is 1. The Kier molecular flexibility index (Phi) is 5.82. The van der Waals surface area contributed by atoms with Crippen molar-refractivity contribution in [3.63, 3.8) is 0 Å². The van der Waals surface area contributed by atoms with Crippen LogP contribution in [-0.2, 0) is 10.5 Å². The monoisotopic (exact) mass is 338 g/mol. The minimum atomic E-state index is -0.548. The van der Waals surface area contributed by atoms with E-state index < -0.39 is 6.10 Å². The third kappa shape index (κ3) is 4.22. The molecule has 0 aliphatic carbocycles. The standard InChI is InChI=1S/C15H18N2O3S2/c1-9(18)13-7-22-14(17-13)8-21-12-5-10(15(19)20-3)4-11(6-12)16-2/h4-7,9,16,18H,8H2,1-3H3. The third-order valence-electron chi connectivity index (χ3n) is 2.98. The maximum Gasteiger partial charge on any atom is 0.337 e. The number of thiazole rings is 1. The average Bonchev–Trinajstić information content (AvgIpc) is 3.01. The summed E-state index contributed by atoms with van der Waals surface area (Å²) >= 11 is 3.11. The lowest BCUT2D eigenvalue weighted by molar-refractivity contribution is 0.0600. The molecule has 0 spiro atoms. The van der Waals surface area contributed by atoms with Gasteiger partial charge in [0.05, 0.1) is 30.2 Å². The van der Waals surface area contributed by atoms with E-state index in [0.717, 1.165) is 15.6 Å². The molecule has 1 heterocycles. The van der Waals surface area contributed by atoms with Gasteiger partial charge in [-0.25, -0.2) is 9.78 Å². The van der Waals surface area contributed by atoms with E-state index >= 15 is 0 Å². The van der Waals surface area contributed by atoms with Gasteiger partial charge in [0.25, 0.3) is 0 Å². The summed E-state index contributed by atoms with van der Waals surface area (Å²) in [5, 5.41) is 15.3. The molecule has 2 rings (SSSR count). The first-order valence-electron chi connectivity index (χ1n) is 6.69. The van der Waals surface area contributed by atoms with E-state index in [1.165, 1.54) is 18.4 Å². The van der Waals surface area contributed by atoms with Gasteiger partial charge in [0.2, 0.25) is 0 Å². The van der Waals surface area contributed by atoms with Crippen molar-refractivity contribution in [3.05, 3.63) is 39.8 Å². The Morgan fingerprint density at radius 2 is 2.27 bits per heavy atom. The fourth-order valence-electron chi connectivity index (χ4n) is 1.79. The molecule has 0 aliphatic heterocycles. The molecular formula is C15H18N2O3S2. The first-order chi connectivity index (χ1) is 10.5. The number of ether oxygens (including phenoxy) is 1. The summed E-state index contributed by atoms with van der Waals surface area (Å²) in [4.78, 5) is 17.0. The van der Waals surface area contributed by atoms with Crippen molar-refractivity contribution in [1.82, 2.24) is 4.98 Å². The number of nitrogens with one attached hydrogen (secondary N) is 1. The number of carbonyl (C=O) groups is 1. The third-order valence-corrected chi connectivity index (χ3v) is 5.01. The highest BCUT2D eigenvalue weighted by atomic mass is 32.2. The minimum absolute atomic E-state index is 0.357. The quantitative estimate of drug-likeness (QED) is 0.622. The maximum absolute atomic E-state index is 11.7. The largest absolute Gasteiger partial charge is 0.465 e. The van der Waals surface area contributed by atoms with Crippen molar-refractivity contribution in [2.75, 3.05) is 19.5 Å². The summed E-state index contributed by atoms with van der Waals surface area (Å²) < 4.78 is 4.77. The van der Waals surface area contributed by atoms with Crippen molar-refractivity contribution in [2.45, 2.75) is 23.7 Å². The van der Waals surface area contributed by atoms with Crippen LogP contribution in [0.1, 0.15) is 34.1 Å². The fraction of sp³-hybridized carbons (Fsp3) is 0.333. The van der Waals surface area contributed by atoms with Crippen LogP contribution in [0.25, 0.3) is 0 Å². The van der Waals surface area contributed by atoms with E-state index in [1.807, 2.05) is 11.4 Å². The second kappa shape index (κ2) is 7.62. The number of aliphatic hydroxyl groups is 1. The van der Waals surface area contributed by atoms with Gasteiger partial charge >= 0.3 is 5.97 Å². The topological polar surface area (TPSA) is 71.5 Å². The van der Waals surface area contributed by atoms with Gasteiger partial charge in [0.1, 0.15) is 5.01 Å². The molecule has 2 N–H and O–H groups in total. The lowest BCUT2D eigenvalue weighted by Crippen LogP contribution is -2.02. The number of aromatic nitrogens is 1. The van der Waals surface area contributed by atoms with E-state index in [0.29, 0.717) is 17.0 Å². The molecule has 1 unspecified atom stereocenters. The van der Waals surface area contributed by atoms with E-state index in [9.17, 15) is 9.90 Å². The highest BCUT2D eigenvalue weighted by Gasteiger charge is 2.11. The molecule has 1 atom stereocenters. The van der Waals surface area contributed by atoms with Crippen molar-refractivity contribution >= 4 is 34.8 Å². The molecule has 0 bridgehead atoms. The maximum atomic E-state index is 11.7. The summed E-state index contributed by atoms with van der Waals surface area (Å²) in [6.45, 7) is 1.70. The lowest BCUT2D eigenvalue weighted by Gasteiger charge is -2.08. The molecule has 0 aliphatic rings. The summed E-state index contributed by atoms with van der Waals surface area (Å²) in [5.41, 5.74) is 2.06. The van der Waals surface area contributed by atoms with Crippen molar-refractivity contribution in [1.29, 1.82) is 0 Å². The van der Waals surface area contributed by atoms with Crippen LogP contribution >= 0.6 is 23.1 Å². The van der Waals surface area contributed by atoms with Gasteiger partial charge in [-0.2, -0.15) is 0 Å². The number of rotatable bonds is 6. The lowest BCUT2D eigenvalue weighted by atomic mass is 10.2. The predicted molar refractivity (Wildman–Crippen MR) is 89.6 cm³/mol. The zero-order valence-corrected chi connectivity index (χ0v) is 14.3. The Hall–Kier alpha value is -1.57. The number of thioether (sulfide) groups is 1. The number of aliphatic hydroxyl groups excluding tert-OH is 1. The molecule has 1 aromatic heterocycles. The average molecular weight is 338 g/mol. The van der Waals surface area contributed by atoms with Crippen molar-refractivity contribution in [2.24, 2.45) is 0 Å². The van der Waals surface area contributed by atoms with Gasteiger partial charge in [-0.1, -0.05) is 0 Å². The van der Waals surface area contributed by atoms with Crippen LogP contribution in [0.15, 0.2) is 28.5 Å². The van der Waals surface area contributed by atoms with Crippen LogP contribution in [0.2, 0.25) is 0 Å². The molecule has 1 aromatic carbocycles.